The van der Waals surface area contributed by atoms with Gasteiger partial charge in [-0.3, -0.25) is 9.69 Å². The number of ether oxygens (including phenoxy) is 1. The molecule has 1 aromatic heterocycles. The second-order valence-corrected chi connectivity index (χ2v) is 6.52. The van der Waals surface area contributed by atoms with Gasteiger partial charge in [-0.15, -0.1) is 0 Å². The van der Waals surface area contributed by atoms with E-state index >= 15 is 0 Å². The summed E-state index contributed by atoms with van der Waals surface area (Å²) < 4.78 is 5.61. The van der Waals surface area contributed by atoms with Crippen molar-refractivity contribution in [3.63, 3.8) is 0 Å². The molecule has 2 saturated heterocycles. The summed E-state index contributed by atoms with van der Waals surface area (Å²) in [4.78, 5) is 26.1. The van der Waals surface area contributed by atoms with Crippen LogP contribution < -0.4 is 5.32 Å². The number of aryl methyl sites for hydroxylation is 1. The highest BCUT2D eigenvalue weighted by Crippen LogP contribution is 2.23. The molecule has 0 spiro atoms. The van der Waals surface area contributed by atoms with E-state index < -0.39 is 0 Å². The van der Waals surface area contributed by atoms with Crippen molar-refractivity contribution in [3.8, 4) is 0 Å². The molecule has 0 saturated carbocycles. The van der Waals surface area contributed by atoms with Gasteiger partial charge < -0.3 is 15.0 Å². The van der Waals surface area contributed by atoms with E-state index in [2.05, 4.69) is 20.2 Å². The van der Waals surface area contributed by atoms with Gasteiger partial charge in [0.1, 0.15) is 11.9 Å². The van der Waals surface area contributed by atoms with Crippen LogP contribution in [0.3, 0.4) is 0 Å². The Morgan fingerprint density at radius 2 is 2.08 bits per heavy atom. The maximum Gasteiger partial charge on any atom is 0.237 e. The van der Waals surface area contributed by atoms with Crippen LogP contribution in [0.2, 0.25) is 0 Å². The predicted molar refractivity (Wildman–Crippen MR) is 91.9 cm³/mol. The molecule has 2 aliphatic heterocycles. The molecule has 0 radical (unpaired) electrons. The monoisotopic (exact) mass is 333 g/mol. The van der Waals surface area contributed by atoms with Gasteiger partial charge in [0.2, 0.25) is 5.91 Å². The Bertz CT molecular complexity index is 574. The minimum Gasteiger partial charge on any atom is -0.377 e. The van der Waals surface area contributed by atoms with Crippen molar-refractivity contribution >= 4 is 11.7 Å². The van der Waals surface area contributed by atoms with Crippen LogP contribution in [-0.2, 0) is 9.53 Å². The molecule has 0 unspecified atom stereocenters. The van der Waals surface area contributed by atoms with Crippen LogP contribution in [0, 0.1) is 6.92 Å². The highest BCUT2D eigenvalue weighted by Gasteiger charge is 2.32. The Morgan fingerprint density at radius 3 is 2.83 bits per heavy atom. The van der Waals surface area contributed by atoms with Crippen molar-refractivity contribution in [1.82, 2.24) is 19.8 Å². The smallest absolute Gasteiger partial charge is 0.237 e. The SMILES string of the molecule is CNc1cc(C)nc([C@H]2COCCN2C(=O)CN2CCCCC2)n1. The first-order chi connectivity index (χ1) is 11.7. The summed E-state index contributed by atoms with van der Waals surface area (Å²) in [5.74, 6) is 1.58. The zero-order valence-electron chi connectivity index (χ0n) is 14.6. The average Bonchev–Trinajstić information content (AvgIpc) is 2.62. The second kappa shape index (κ2) is 7.90. The number of carbonyl (C=O) groups is 1. The molecular weight excluding hydrogens is 306 g/mol. The number of likely N-dealkylation sites (tertiary alicyclic amines) is 1. The van der Waals surface area contributed by atoms with Crippen molar-refractivity contribution in [2.45, 2.75) is 32.2 Å². The van der Waals surface area contributed by atoms with Gasteiger partial charge in [0, 0.05) is 25.4 Å². The largest absolute Gasteiger partial charge is 0.377 e. The molecule has 2 aliphatic rings. The second-order valence-electron chi connectivity index (χ2n) is 6.52. The summed E-state index contributed by atoms with van der Waals surface area (Å²) >= 11 is 0. The zero-order chi connectivity index (χ0) is 16.9. The topological polar surface area (TPSA) is 70.6 Å². The van der Waals surface area contributed by atoms with Crippen LogP contribution in [0.15, 0.2) is 6.07 Å². The number of anilines is 1. The molecule has 1 amide bonds. The molecular formula is C17H27N5O2. The molecule has 24 heavy (non-hydrogen) atoms. The Hall–Kier alpha value is -1.73. The first kappa shape index (κ1) is 17.1. The van der Waals surface area contributed by atoms with E-state index in [0.717, 1.165) is 24.6 Å². The number of nitrogens with zero attached hydrogens (tertiary/aromatic N) is 4. The van der Waals surface area contributed by atoms with Crippen LogP contribution in [0.1, 0.15) is 36.8 Å². The minimum atomic E-state index is -0.206. The Balaban J connectivity index is 1.75. The van der Waals surface area contributed by atoms with Gasteiger partial charge in [-0.25, -0.2) is 9.97 Å². The van der Waals surface area contributed by atoms with Crippen molar-refractivity contribution in [2.75, 3.05) is 51.8 Å². The molecule has 132 valence electrons. The maximum absolute atomic E-state index is 12.8. The number of morpholine rings is 1. The third-order valence-corrected chi connectivity index (χ3v) is 4.68. The van der Waals surface area contributed by atoms with E-state index in [-0.39, 0.29) is 11.9 Å². The van der Waals surface area contributed by atoms with Crippen molar-refractivity contribution in [2.24, 2.45) is 0 Å². The average molecular weight is 333 g/mol. The summed E-state index contributed by atoms with van der Waals surface area (Å²) in [6.07, 6.45) is 3.65. The lowest BCUT2D eigenvalue weighted by Gasteiger charge is -2.36. The Labute approximate surface area is 143 Å². The van der Waals surface area contributed by atoms with Gasteiger partial charge in [0.25, 0.3) is 0 Å². The lowest BCUT2D eigenvalue weighted by Crippen LogP contribution is -2.48. The Morgan fingerprint density at radius 1 is 1.29 bits per heavy atom. The molecule has 1 atom stereocenters. The molecule has 7 heteroatoms. The van der Waals surface area contributed by atoms with E-state index in [4.69, 9.17) is 4.74 Å². The molecule has 0 aliphatic carbocycles. The number of piperidine rings is 1. The highest BCUT2D eigenvalue weighted by atomic mass is 16.5. The van der Waals surface area contributed by atoms with Crippen LogP contribution in [0.25, 0.3) is 0 Å². The summed E-state index contributed by atoms with van der Waals surface area (Å²) in [7, 11) is 1.84. The lowest BCUT2D eigenvalue weighted by molar-refractivity contribution is -0.142. The van der Waals surface area contributed by atoms with Crippen LogP contribution in [0.4, 0.5) is 5.82 Å². The van der Waals surface area contributed by atoms with E-state index in [9.17, 15) is 4.79 Å². The third-order valence-electron chi connectivity index (χ3n) is 4.68. The molecule has 0 bridgehead atoms. The van der Waals surface area contributed by atoms with Crippen molar-refractivity contribution in [3.05, 3.63) is 17.6 Å². The van der Waals surface area contributed by atoms with Crippen LogP contribution >= 0.6 is 0 Å². The fraction of sp³-hybridized carbons (Fsp3) is 0.706. The molecule has 1 aromatic rings. The van der Waals surface area contributed by atoms with Gasteiger partial charge >= 0.3 is 0 Å². The van der Waals surface area contributed by atoms with Crippen LogP contribution in [-0.4, -0.2) is 72.1 Å². The number of hydrogen-bond donors (Lipinski definition) is 1. The zero-order valence-corrected chi connectivity index (χ0v) is 14.6. The van der Waals surface area contributed by atoms with E-state index in [1.54, 1.807) is 0 Å². The Kier molecular flexibility index (Phi) is 5.63. The number of hydrogen-bond acceptors (Lipinski definition) is 6. The standard InChI is InChI=1S/C17H27N5O2/c1-13-10-15(18-2)20-17(19-13)14-12-24-9-8-22(14)16(23)11-21-6-4-3-5-7-21/h10,14H,3-9,11-12H2,1-2H3,(H,18,19,20)/t14-/m1/s1. The molecule has 7 nitrogen and oxygen atoms in total. The third kappa shape index (κ3) is 4.02. The number of amides is 1. The van der Waals surface area contributed by atoms with E-state index in [0.29, 0.717) is 32.1 Å². The number of nitrogens with one attached hydrogen (secondary N) is 1. The molecule has 3 heterocycles. The van der Waals surface area contributed by atoms with E-state index in [1.165, 1.54) is 19.3 Å². The minimum absolute atomic E-state index is 0.154. The first-order valence-electron chi connectivity index (χ1n) is 8.80. The van der Waals surface area contributed by atoms with Gasteiger partial charge in [-0.1, -0.05) is 6.42 Å². The normalized spacial score (nSPS) is 22.4. The van der Waals surface area contributed by atoms with Gasteiger partial charge in [0.05, 0.1) is 19.8 Å². The molecule has 0 aromatic carbocycles. The van der Waals surface area contributed by atoms with Crippen molar-refractivity contribution in [1.29, 1.82) is 0 Å². The van der Waals surface area contributed by atoms with Gasteiger partial charge in [0.15, 0.2) is 5.82 Å². The lowest BCUT2D eigenvalue weighted by atomic mass is 10.1. The molecule has 2 fully saturated rings. The number of rotatable bonds is 4. The maximum atomic E-state index is 12.8. The fourth-order valence-electron chi connectivity index (χ4n) is 3.38. The highest BCUT2D eigenvalue weighted by molar-refractivity contribution is 5.78. The van der Waals surface area contributed by atoms with Crippen molar-refractivity contribution < 1.29 is 9.53 Å². The summed E-state index contributed by atoms with van der Waals surface area (Å²) in [6, 6.07) is 1.69. The summed E-state index contributed by atoms with van der Waals surface area (Å²) in [5.41, 5.74) is 0.887. The first-order valence-corrected chi connectivity index (χ1v) is 8.80. The molecule has 1 N–H and O–H groups in total. The van der Waals surface area contributed by atoms with Crippen LogP contribution in [0.5, 0.6) is 0 Å². The fourth-order valence-corrected chi connectivity index (χ4v) is 3.38. The quantitative estimate of drug-likeness (QED) is 0.893. The summed E-state index contributed by atoms with van der Waals surface area (Å²) in [5, 5.41) is 3.05. The summed E-state index contributed by atoms with van der Waals surface area (Å²) in [6.45, 7) is 6.10. The molecule has 3 rings (SSSR count). The van der Waals surface area contributed by atoms with Gasteiger partial charge in [-0.05, 0) is 32.9 Å². The van der Waals surface area contributed by atoms with E-state index in [1.807, 2.05) is 24.9 Å². The number of aromatic nitrogens is 2. The predicted octanol–water partition coefficient (Wildman–Crippen LogP) is 1.21. The number of carbonyl (C=O) groups excluding carboxylic acids is 1. The van der Waals surface area contributed by atoms with Gasteiger partial charge in [-0.2, -0.15) is 0 Å².